The molecule has 18 heavy (non-hydrogen) atoms. The number of piperazine rings is 1. The summed E-state index contributed by atoms with van der Waals surface area (Å²) in [6, 6.07) is 7.16. The predicted octanol–water partition coefficient (Wildman–Crippen LogP) is 3.42. The highest BCUT2D eigenvalue weighted by atomic mass is 127. The van der Waals surface area contributed by atoms with E-state index in [-0.39, 0.29) is 0 Å². The molecule has 0 amide bonds. The van der Waals surface area contributed by atoms with E-state index in [2.05, 4.69) is 78.7 Å². The molecule has 1 aromatic rings. The minimum absolute atomic E-state index is 0.314. The van der Waals surface area contributed by atoms with Crippen molar-refractivity contribution in [2.45, 2.75) is 33.7 Å². The van der Waals surface area contributed by atoms with Crippen LogP contribution in [0.2, 0.25) is 0 Å². The lowest BCUT2D eigenvalue weighted by molar-refractivity contribution is 0.254. The monoisotopic (exact) mass is 358 g/mol. The van der Waals surface area contributed by atoms with Crippen LogP contribution < -0.4 is 10.2 Å². The molecular formula is C15H23IN2. The number of hydrogen-bond acceptors (Lipinski definition) is 2. The molecule has 0 radical (unpaired) electrons. The standard InChI is InChI=1S/C15H23IN2/c1-11-12(16)6-5-7-13(11)18-9-8-17-14(10-18)15(2,3)4/h5-7,14,17H,8-10H2,1-4H3. The van der Waals surface area contributed by atoms with E-state index >= 15 is 0 Å². The number of nitrogens with one attached hydrogen (secondary N) is 1. The van der Waals surface area contributed by atoms with E-state index in [4.69, 9.17) is 0 Å². The van der Waals surface area contributed by atoms with Crippen molar-refractivity contribution in [1.29, 1.82) is 0 Å². The van der Waals surface area contributed by atoms with Crippen LogP contribution >= 0.6 is 22.6 Å². The first-order valence-corrected chi connectivity index (χ1v) is 7.71. The third-order valence-corrected chi connectivity index (χ3v) is 4.97. The Morgan fingerprint density at radius 3 is 2.72 bits per heavy atom. The second-order valence-electron chi connectivity index (χ2n) is 6.20. The van der Waals surface area contributed by atoms with Gasteiger partial charge in [0.25, 0.3) is 0 Å². The normalized spacial score (nSPS) is 21.2. The number of benzene rings is 1. The van der Waals surface area contributed by atoms with Crippen LogP contribution in [0.3, 0.4) is 0 Å². The van der Waals surface area contributed by atoms with Gasteiger partial charge in [0.05, 0.1) is 0 Å². The Morgan fingerprint density at radius 2 is 2.06 bits per heavy atom. The van der Waals surface area contributed by atoms with Gasteiger partial charge < -0.3 is 10.2 Å². The van der Waals surface area contributed by atoms with E-state index in [1.165, 1.54) is 14.8 Å². The minimum Gasteiger partial charge on any atom is -0.368 e. The Labute approximate surface area is 124 Å². The Morgan fingerprint density at radius 1 is 1.33 bits per heavy atom. The molecule has 1 aliphatic rings. The molecule has 0 bridgehead atoms. The summed E-state index contributed by atoms with van der Waals surface area (Å²) in [4.78, 5) is 2.53. The molecule has 1 fully saturated rings. The Balaban J connectivity index is 2.21. The average molecular weight is 358 g/mol. The van der Waals surface area contributed by atoms with Crippen LogP contribution in [0.25, 0.3) is 0 Å². The first kappa shape index (κ1) is 14.1. The van der Waals surface area contributed by atoms with Crippen molar-refractivity contribution < 1.29 is 0 Å². The molecule has 0 spiro atoms. The van der Waals surface area contributed by atoms with Gasteiger partial charge in [-0.25, -0.2) is 0 Å². The first-order chi connectivity index (χ1) is 8.39. The maximum atomic E-state index is 3.65. The zero-order valence-electron chi connectivity index (χ0n) is 11.8. The highest BCUT2D eigenvalue weighted by molar-refractivity contribution is 14.1. The topological polar surface area (TPSA) is 15.3 Å². The van der Waals surface area contributed by atoms with Gasteiger partial charge in [-0.05, 0) is 52.6 Å². The largest absolute Gasteiger partial charge is 0.368 e. The molecule has 0 aliphatic carbocycles. The number of hydrogen-bond donors (Lipinski definition) is 1. The third-order valence-electron chi connectivity index (χ3n) is 3.80. The van der Waals surface area contributed by atoms with E-state index in [0.29, 0.717) is 11.5 Å². The zero-order chi connectivity index (χ0) is 13.3. The SMILES string of the molecule is Cc1c(I)cccc1N1CCNC(C(C)(C)C)C1. The summed E-state index contributed by atoms with van der Waals surface area (Å²) in [6.07, 6.45) is 0. The molecule has 1 saturated heterocycles. The number of rotatable bonds is 1. The fourth-order valence-electron chi connectivity index (χ4n) is 2.49. The van der Waals surface area contributed by atoms with Crippen molar-refractivity contribution in [1.82, 2.24) is 5.32 Å². The molecule has 1 atom stereocenters. The van der Waals surface area contributed by atoms with Crippen molar-refractivity contribution in [3.63, 3.8) is 0 Å². The maximum Gasteiger partial charge on any atom is 0.0407 e. The lowest BCUT2D eigenvalue weighted by atomic mass is 9.85. The van der Waals surface area contributed by atoms with Crippen LogP contribution in [0.5, 0.6) is 0 Å². The summed E-state index contributed by atoms with van der Waals surface area (Å²) in [7, 11) is 0. The van der Waals surface area contributed by atoms with Crippen molar-refractivity contribution >= 4 is 28.3 Å². The number of anilines is 1. The lowest BCUT2D eigenvalue weighted by Gasteiger charge is -2.42. The van der Waals surface area contributed by atoms with E-state index in [9.17, 15) is 0 Å². The van der Waals surface area contributed by atoms with E-state index < -0.39 is 0 Å². The van der Waals surface area contributed by atoms with Crippen LogP contribution in [0.4, 0.5) is 5.69 Å². The molecule has 1 unspecified atom stereocenters. The van der Waals surface area contributed by atoms with Gasteiger partial charge in [-0.3, -0.25) is 0 Å². The van der Waals surface area contributed by atoms with Gasteiger partial charge in [-0.2, -0.15) is 0 Å². The Bertz CT molecular complexity index is 423. The van der Waals surface area contributed by atoms with E-state index in [0.717, 1.165) is 19.6 Å². The number of nitrogens with zero attached hydrogens (tertiary/aromatic N) is 1. The summed E-state index contributed by atoms with van der Waals surface area (Å²) in [5.74, 6) is 0. The smallest absolute Gasteiger partial charge is 0.0407 e. The molecule has 100 valence electrons. The molecule has 2 rings (SSSR count). The van der Waals surface area contributed by atoms with Crippen LogP contribution in [-0.4, -0.2) is 25.7 Å². The Kier molecular flexibility index (Phi) is 4.22. The van der Waals surface area contributed by atoms with Gasteiger partial charge in [-0.1, -0.05) is 26.8 Å². The number of halogens is 1. The van der Waals surface area contributed by atoms with E-state index in [1.54, 1.807) is 0 Å². The van der Waals surface area contributed by atoms with Crippen molar-refractivity contribution in [2.24, 2.45) is 5.41 Å². The zero-order valence-corrected chi connectivity index (χ0v) is 13.9. The van der Waals surface area contributed by atoms with Crippen LogP contribution in [0, 0.1) is 15.9 Å². The summed E-state index contributed by atoms with van der Waals surface area (Å²) >= 11 is 2.43. The van der Waals surface area contributed by atoms with Crippen molar-refractivity contribution in [3.05, 3.63) is 27.3 Å². The fourth-order valence-corrected chi connectivity index (χ4v) is 2.97. The summed E-state index contributed by atoms with van der Waals surface area (Å²) in [5, 5.41) is 3.65. The first-order valence-electron chi connectivity index (χ1n) is 6.63. The molecule has 1 aromatic carbocycles. The van der Waals surface area contributed by atoms with Gasteiger partial charge in [-0.15, -0.1) is 0 Å². The van der Waals surface area contributed by atoms with Crippen molar-refractivity contribution in [2.75, 3.05) is 24.5 Å². The molecule has 1 aliphatic heterocycles. The average Bonchev–Trinajstić information content (AvgIpc) is 2.32. The second kappa shape index (κ2) is 5.37. The fraction of sp³-hybridized carbons (Fsp3) is 0.600. The molecule has 2 nitrogen and oxygen atoms in total. The lowest BCUT2D eigenvalue weighted by Crippen LogP contribution is -2.56. The van der Waals surface area contributed by atoms with Gasteiger partial charge in [0.2, 0.25) is 0 Å². The van der Waals surface area contributed by atoms with Gasteiger partial charge in [0, 0.05) is 34.9 Å². The molecule has 0 saturated carbocycles. The van der Waals surface area contributed by atoms with Gasteiger partial charge in [0.1, 0.15) is 0 Å². The van der Waals surface area contributed by atoms with Gasteiger partial charge >= 0.3 is 0 Å². The molecule has 3 heteroatoms. The summed E-state index contributed by atoms with van der Waals surface area (Å²) < 4.78 is 1.36. The highest BCUT2D eigenvalue weighted by Gasteiger charge is 2.29. The summed E-state index contributed by atoms with van der Waals surface area (Å²) in [6.45, 7) is 12.5. The molecule has 1 N–H and O–H groups in total. The Hall–Kier alpha value is -0.290. The minimum atomic E-state index is 0.314. The summed E-state index contributed by atoms with van der Waals surface area (Å²) in [5.41, 5.74) is 3.12. The van der Waals surface area contributed by atoms with E-state index in [1.807, 2.05) is 0 Å². The van der Waals surface area contributed by atoms with Crippen LogP contribution in [0.1, 0.15) is 26.3 Å². The predicted molar refractivity (Wildman–Crippen MR) is 87.4 cm³/mol. The second-order valence-corrected chi connectivity index (χ2v) is 7.36. The van der Waals surface area contributed by atoms with Gasteiger partial charge in [0.15, 0.2) is 0 Å². The van der Waals surface area contributed by atoms with Crippen LogP contribution in [-0.2, 0) is 0 Å². The third kappa shape index (κ3) is 2.99. The molecule has 1 heterocycles. The maximum absolute atomic E-state index is 3.65. The quantitative estimate of drug-likeness (QED) is 0.774. The highest BCUT2D eigenvalue weighted by Crippen LogP contribution is 2.28. The van der Waals surface area contributed by atoms with Crippen LogP contribution in [0.15, 0.2) is 18.2 Å². The molecular weight excluding hydrogens is 335 g/mol. The van der Waals surface area contributed by atoms with Crippen molar-refractivity contribution in [3.8, 4) is 0 Å². The molecule has 0 aromatic heterocycles.